The van der Waals surface area contributed by atoms with Crippen LogP contribution in [0.25, 0.3) is 0 Å². The fourth-order valence-electron chi connectivity index (χ4n) is 1.32. The second-order valence-electron chi connectivity index (χ2n) is 3.30. The van der Waals surface area contributed by atoms with Crippen LogP contribution >= 0.6 is 0 Å². The van der Waals surface area contributed by atoms with Crippen molar-refractivity contribution in [2.24, 2.45) is 0 Å². The Labute approximate surface area is 104 Å². The summed E-state index contributed by atoms with van der Waals surface area (Å²) in [5, 5.41) is 13.5. The van der Waals surface area contributed by atoms with Gasteiger partial charge in [-0.05, 0) is 19.1 Å². The third kappa shape index (κ3) is 3.62. The van der Waals surface area contributed by atoms with Crippen molar-refractivity contribution in [2.45, 2.75) is 6.92 Å². The van der Waals surface area contributed by atoms with Crippen molar-refractivity contribution in [1.82, 2.24) is 0 Å². The number of nitro benzene ring substituents is 1. The largest absolute Gasteiger partial charge is 0.496 e. The van der Waals surface area contributed by atoms with Gasteiger partial charge in [0, 0.05) is 0 Å². The minimum absolute atomic E-state index is 0.124. The van der Waals surface area contributed by atoms with E-state index < -0.39 is 10.9 Å². The van der Waals surface area contributed by atoms with Gasteiger partial charge in [0.1, 0.15) is 18.0 Å². The monoisotopic (exact) mass is 254 g/mol. The number of benzene rings is 1. The van der Waals surface area contributed by atoms with E-state index in [4.69, 9.17) is 9.47 Å². The number of hydrogen-bond acceptors (Lipinski definition) is 6. The van der Waals surface area contributed by atoms with Crippen molar-refractivity contribution in [1.29, 1.82) is 0 Å². The number of hydrogen-bond donors (Lipinski definition) is 1. The van der Waals surface area contributed by atoms with Crippen LogP contribution in [0.15, 0.2) is 18.2 Å². The second-order valence-corrected chi connectivity index (χ2v) is 3.30. The zero-order chi connectivity index (χ0) is 13.5. The number of rotatable bonds is 6. The van der Waals surface area contributed by atoms with E-state index in [0.29, 0.717) is 5.75 Å². The molecule has 0 unspecified atom stereocenters. The Hall–Kier alpha value is -2.31. The van der Waals surface area contributed by atoms with Gasteiger partial charge in [0.15, 0.2) is 0 Å². The Balaban J connectivity index is 2.81. The van der Waals surface area contributed by atoms with Crippen LogP contribution in [0, 0.1) is 10.1 Å². The summed E-state index contributed by atoms with van der Waals surface area (Å²) in [4.78, 5) is 21.4. The topological polar surface area (TPSA) is 90.7 Å². The number of ether oxygens (including phenoxy) is 2. The summed E-state index contributed by atoms with van der Waals surface area (Å²) in [6.45, 7) is 1.83. The molecule has 0 aromatic heterocycles. The molecule has 1 aromatic carbocycles. The molecule has 1 N–H and O–H groups in total. The first-order valence-corrected chi connectivity index (χ1v) is 5.30. The lowest BCUT2D eigenvalue weighted by molar-refractivity contribution is -0.384. The van der Waals surface area contributed by atoms with E-state index in [1.165, 1.54) is 19.2 Å². The van der Waals surface area contributed by atoms with Crippen LogP contribution in [0.5, 0.6) is 5.75 Å². The second kappa shape index (κ2) is 6.43. The molecule has 0 fully saturated rings. The molecule has 0 heterocycles. The highest BCUT2D eigenvalue weighted by molar-refractivity contribution is 5.77. The summed E-state index contributed by atoms with van der Waals surface area (Å²) in [5.74, 6) is -0.0917. The van der Waals surface area contributed by atoms with Crippen LogP contribution in [0.2, 0.25) is 0 Å². The van der Waals surface area contributed by atoms with Gasteiger partial charge in [-0.25, -0.2) is 0 Å². The van der Waals surface area contributed by atoms with Crippen LogP contribution in [0.1, 0.15) is 6.92 Å². The molecule has 0 spiro atoms. The Morgan fingerprint density at radius 2 is 2.22 bits per heavy atom. The molecule has 0 saturated heterocycles. The number of carbonyl (C=O) groups is 1. The third-order valence-electron chi connectivity index (χ3n) is 2.13. The Morgan fingerprint density at radius 3 is 2.78 bits per heavy atom. The molecular weight excluding hydrogens is 240 g/mol. The Morgan fingerprint density at radius 1 is 1.50 bits per heavy atom. The van der Waals surface area contributed by atoms with Crippen LogP contribution in [0.4, 0.5) is 11.4 Å². The maximum Gasteiger partial charge on any atom is 0.325 e. The van der Waals surface area contributed by atoms with Gasteiger partial charge in [-0.3, -0.25) is 14.9 Å². The van der Waals surface area contributed by atoms with E-state index in [1.807, 2.05) is 0 Å². The Bertz CT molecular complexity index is 447. The normalized spacial score (nSPS) is 9.67. The quantitative estimate of drug-likeness (QED) is 0.471. The predicted octanol–water partition coefficient (Wildman–Crippen LogP) is 1.58. The van der Waals surface area contributed by atoms with Crippen molar-refractivity contribution in [3.63, 3.8) is 0 Å². The standard InChI is InChI=1S/C11H14N2O5/c1-3-18-11(14)7-12-9-5-4-8(17-2)6-10(9)13(15)16/h4-6,12H,3,7H2,1-2H3. The van der Waals surface area contributed by atoms with Gasteiger partial charge in [-0.15, -0.1) is 0 Å². The van der Waals surface area contributed by atoms with E-state index >= 15 is 0 Å². The summed E-state index contributed by atoms with van der Waals surface area (Å²) >= 11 is 0. The van der Waals surface area contributed by atoms with E-state index in [1.54, 1.807) is 13.0 Å². The number of methoxy groups -OCH3 is 1. The van der Waals surface area contributed by atoms with Crippen molar-refractivity contribution in [3.8, 4) is 5.75 Å². The van der Waals surface area contributed by atoms with E-state index in [9.17, 15) is 14.9 Å². The van der Waals surface area contributed by atoms with Gasteiger partial charge in [0.25, 0.3) is 5.69 Å². The van der Waals surface area contributed by atoms with Crippen molar-refractivity contribution in [3.05, 3.63) is 28.3 Å². The molecule has 98 valence electrons. The molecule has 0 aliphatic rings. The molecule has 18 heavy (non-hydrogen) atoms. The molecule has 0 amide bonds. The van der Waals surface area contributed by atoms with E-state index in [-0.39, 0.29) is 24.5 Å². The van der Waals surface area contributed by atoms with E-state index in [2.05, 4.69) is 5.32 Å². The first-order valence-electron chi connectivity index (χ1n) is 5.30. The minimum Gasteiger partial charge on any atom is -0.496 e. The van der Waals surface area contributed by atoms with Gasteiger partial charge in [0.2, 0.25) is 0 Å². The number of nitrogens with zero attached hydrogens (tertiary/aromatic N) is 1. The lowest BCUT2D eigenvalue weighted by atomic mass is 10.2. The third-order valence-corrected chi connectivity index (χ3v) is 2.13. The van der Waals surface area contributed by atoms with Crippen LogP contribution < -0.4 is 10.1 Å². The number of anilines is 1. The van der Waals surface area contributed by atoms with Gasteiger partial charge < -0.3 is 14.8 Å². The zero-order valence-corrected chi connectivity index (χ0v) is 10.1. The van der Waals surface area contributed by atoms with Gasteiger partial charge in [-0.1, -0.05) is 0 Å². The molecule has 1 rings (SSSR count). The minimum atomic E-state index is -0.546. The molecule has 0 bridgehead atoms. The summed E-state index contributed by atoms with van der Waals surface area (Å²) < 4.78 is 9.61. The summed E-state index contributed by atoms with van der Waals surface area (Å²) in [6.07, 6.45) is 0. The molecule has 0 aliphatic carbocycles. The molecule has 0 aliphatic heterocycles. The smallest absolute Gasteiger partial charge is 0.325 e. The highest BCUT2D eigenvalue weighted by atomic mass is 16.6. The van der Waals surface area contributed by atoms with Crippen molar-refractivity contribution >= 4 is 17.3 Å². The maximum absolute atomic E-state index is 11.1. The summed E-state index contributed by atoms with van der Waals surface area (Å²) in [7, 11) is 1.42. The average molecular weight is 254 g/mol. The molecule has 1 aromatic rings. The fraction of sp³-hybridized carbons (Fsp3) is 0.364. The zero-order valence-electron chi connectivity index (χ0n) is 10.1. The van der Waals surface area contributed by atoms with Crippen LogP contribution in [0.3, 0.4) is 0 Å². The average Bonchev–Trinajstić information content (AvgIpc) is 2.36. The molecule has 0 saturated carbocycles. The lowest BCUT2D eigenvalue weighted by Crippen LogP contribution is -2.17. The summed E-state index contributed by atoms with van der Waals surface area (Å²) in [6, 6.07) is 4.34. The van der Waals surface area contributed by atoms with Gasteiger partial charge >= 0.3 is 5.97 Å². The predicted molar refractivity (Wildman–Crippen MR) is 64.8 cm³/mol. The highest BCUT2D eigenvalue weighted by Gasteiger charge is 2.15. The van der Waals surface area contributed by atoms with E-state index in [0.717, 1.165) is 0 Å². The Kier molecular flexibility index (Phi) is 4.91. The maximum atomic E-state index is 11.1. The number of nitro groups is 1. The first-order chi connectivity index (χ1) is 8.58. The van der Waals surface area contributed by atoms with Crippen LogP contribution in [-0.4, -0.2) is 31.2 Å². The van der Waals surface area contributed by atoms with Gasteiger partial charge in [0.05, 0.1) is 24.7 Å². The number of nitrogens with one attached hydrogen (secondary N) is 1. The lowest BCUT2D eigenvalue weighted by Gasteiger charge is -2.07. The molecular formula is C11H14N2O5. The number of esters is 1. The van der Waals surface area contributed by atoms with Crippen LogP contribution in [-0.2, 0) is 9.53 Å². The van der Waals surface area contributed by atoms with Crippen molar-refractivity contribution in [2.75, 3.05) is 25.6 Å². The van der Waals surface area contributed by atoms with Gasteiger partial charge in [-0.2, -0.15) is 0 Å². The molecule has 0 atom stereocenters. The molecule has 0 radical (unpaired) electrons. The number of carbonyl (C=O) groups excluding carboxylic acids is 1. The molecule has 7 nitrogen and oxygen atoms in total. The summed E-state index contributed by atoms with van der Waals surface area (Å²) in [5.41, 5.74) is 0.0903. The highest BCUT2D eigenvalue weighted by Crippen LogP contribution is 2.28. The first kappa shape index (κ1) is 13.8. The SMILES string of the molecule is CCOC(=O)CNc1ccc(OC)cc1[N+](=O)[O-]. The molecule has 7 heteroatoms. The van der Waals surface area contributed by atoms with Crippen molar-refractivity contribution < 1.29 is 19.2 Å². The fourth-order valence-corrected chi connectivity index (χ4v) is 1.32.